The predicted octanol–water partition coefficient (Wildman–Crippen LogP) is 6.64. The van der Waals surface area contributed by atoms with Crippen molar-refractivity contribution in [1.29, 1.82) is 0 Å². The summed E-state index contributed by atoms with van der Waals surface area (Å²) >= 11 is 1.53. The second-order valence-corrected chi connectivity index (χ2v) is 14.6. The highest BCUT2D eigenvalue weighted by atomic mass is 32.2. The van der Waals surface area contributed by atoms with E-state index in [0.717, 1.165) is 39.1 Å². The maximum atomic E-state index is 12.8. The maximum Gasteiger partial charge on any atom is 0.240 e. The molecule has 5 aromatic carbocycles. The van der Waals surface area contributed by atoms with Gasteiger partial charge in [-0.1, -0.05) is 109 Å². The van der Waals surface area contributed by atoms with E-state index in [1.807, 2.05) is 97.1 Å². The number of benzene rings is 5. The van der Waals surface area contributed by atoms with E-state index in [-0.39, 0.29) is 30.3 Å². The van der Waals surface area contributed by atoms with Crippen molar-refractivity contribution in [3.05, 3.63) is 156 Å². The van der Waals surface area contributed by atoms with Gasteiger partial charge in [0.2, 0.25) is 15.2 Å². The number of nitrogens with zero attached hydrogens (tertiary/aromatic N) is 4. The van der Waals surface area contributed by atoms with E-state index < -0.39 is 16.3 Å². The average molecular weight is 706 g/mol. The van der Waals surface area contributed by atoms with Crippen LogP contribution in [0.4, 0.5) is 0 Å². The zero-order valence-electron chi connectivity index (χ0n) is 26.9. The first-order valence-electron chi connectivity index (χ1n) is 16.2. The van der Waals surface area contributed by atoms with Gasteiger partial charge in [-0.25, -0.2) is 13.1 Å². The number of tetrazole rings is 1. The standard InChI is InChI=1S/C38H35N5O5S2/c44-25-27-17-19-29(20-18-27)36-23-34(26-49-38-40-41-42-43(38)33-13-3-1-4-14-33)47-37(48-36)32-12-8-11-31(22-32)30-10-7-9-28(21-30)24-39-50(45,46)35-15-5-2-6-16-35/h1-22,34,36-37,39,44H,23-26H2/t34-,36+,37+/m0/s1. The minimum atomic E-state index is -3.64. The molecule has 1 fully saturated rings. The molecule has 1 saturated heterocycles. The number of aromatic nitrogens is 4. The number of para-hydroxylation sites is 1. The topological polar surface area (TPSA) is 128 Å². The third-order valence-electron chi connectivity index (χ3n) is 8.39. The van der Waals surface area contributed by atoms with Crippen molar-refractivity contribution in [2.45, 2.75) is 48.1 Å². The molecule has 2 N–H and O–H groups in total. The van der Waals surface area contributed by atoms with Crippen LogP contribution < -0.4 is 4.72 Å². The van der Waals surface area contributed by atoms with Crippen molar-refractivity contribution in [1.82, 2.24) is 24.9 Å². The number of aliphatic hydroxyl groups excluding tert-OH is 1. The Hall–Kier alpha value is -4.69. The molecule has 0 aliphatic carbocycles. The SMILES string of the molecule is O=S(=O)(NCc1cccc(-c2cccc([C@@H]3O[C@H](CSc4nnnn4-c4ccccc4)C[C@H](c4ccc(CO)cc4)O3)c2)c1)c1ccccc1. The summed E-state index contributed by atoms with van der Waals surface area (Å²) in [7, 11) is -3.64. The highest BCUT2D eigenvalue weighted by Crippen LogP contribution is 2.40. The molecule has 0 saturated carbocycles. The Balaban J connectivity index is 1.10. The van der Waals surface area contributed by atoms with Crippen molar-refractivity contribution in [3.63, 3.8) is 0 Å². The van der Waals surface area contributed by atoms with Crippen LogP contribution in [0.3, 0.4) is 0 Å². The Labute approximate surface area is 295 Å². The molecule has 12 heteroatoms. The van der Waals surface area contributed by atoms with Gasteiger partial charge < -0.3 is 14.6 Å². The predicted molar refractivity (Wildman–Crippen MR) is 191 cm³/mol. The molecular formula is C38H35N5O5S2. The van der Waals surface area contributed by atoms with Crippen LogP contribution in [0.1, 0.15) is 41.1 Å². The number of rotatable bonds is 12. The molecule has 254 valence electrons. The van der Waals surface area contributed by atoms with Gasteiger partial charge in [-0.05, 0) is 74.6 Å². The molecule has 10 nitrogen and oxygen atoms in total. The Morgan fingerprint density at radius 1 is 0.780 bits per heavy atom. The fourth-order valence-electron chi connectivity index (χ4n) is 5.78. The molecule has 1 aliphatic rings. The van der Waals surface area contributed by atoms with Gasteiger partial charge >= 0.3 is 0 Å². The van der Waals surface area contributed by atoms with Crippen molar-refractivity contribution < 1.29 is 23.0 Å². The Morgan fingerprint density at radius 3 is 2.26 bits per heavy atom. The van der Waals surface area contributed by atoms with E-state index in [4.69, 9.17) is 9.47 Å². The monoisotopic (exact) mass is 705 g/mol. The lowest BCUT2D eigenvalue weighted by Crippen LogP contribution is -2.31. The number of sulfonamides is 1. The molecule has 0 amide bonds. The molecule has 0 spiro atoms. The Bertz CT molecular complexity index is 2130. The molecule has 0 radical (unpaired) electrons. The van der Waals surface area contributed by atoms with Gasteiger partial charge in [0, 0.05) is 24.3 Å². The average Bonchev–Trinajstić information content (AvgIpc) is 3.66. The van der Waals surface area contributed by atoms with Gasteiger partial charge in [-0.2, -0.15) is 4.68 Å². The van der Waals surface area contributed by atoms with Gasteiger partial charge in [0.25, 0.3) is 0 Å². The molecule has 6 aromatic rings. The van der Waals surface area contributed by atoms with Crippen molar-refractivity contribution in [2.24, 2.45) is 0 Å². The summed E-state index contributed by atoms with van der Waals surface area (Å²) in [4.78, 5) is 0.227. The second kappa shape index (κ2) is 15.5. The fourth-order valence-corrected chi connectivity index (χ4v) is 7.72. The minimum absolute atomic E-state index is 0.0279. The summed E-state index contributed by atoms with van der Waals surface area (Å²) in [5.41, 5.74) is 6.29. The first kappa shape index (κ1) is 33.8. The number of hydrogen-bond acceptors (Lipinski definition) is 9. The van der Waals surface area contributed by atoms with E-state index >= 15 is 0 Å². The molecule has 2 heterocycles. The number of ether oxygens (including phenoxy) is 2. The zero-order valence-corrected chi connectivity index (χ0v) is 28.6. The molecule has 1 aliphatic heterocycles. The summed E-state index contributed by atoms with van der Waals surface area (Å²) in [6, 6.07) is 41.7. The first-order valence-corrected chi connectivity index (χ1v) is 18.6. The van der Waals surface area contributed by atoms with Crippen molar-refractivity contribution in [2.75, 3.05) is 5.75 Å². The number of thioether (sulfide) groups is 1. The quantitative estimate of drug-likeness (QED) is 0.135. The smallest absolute Gasteiger partial charge is 0.240 e. The zero-order chi connectivity index (χ0) is 34.3. The van der Waals surface area contributed by atoms with Crippen LogP contribution in [0.5, 0.6) is 0 Å². The summed E-state index contributed by atoms with van der Waals surface area (Å²) in [6.07, 6.45) is -0.466. The summed E-state index contributed by atoms with van der Waals surface area (Å²) in [5.74, 6) is 0.596. The molecule has 50 heavy (non-hydrogen) atoms. The van der Waals surface area contributed by atoms with Crippen LogP contribution in [-0.4, -0.2) is 45.6 Å². The lowest BCUT2D eigenvalue weighted by atomic mass is 9.99. The van der Waals surface area contributed by atoms with E-state index in [9.17, 15) is 13.5 Å². The second-order valence-electron chi connectivity index (χ2n) is 11.8. The van der Waals surface area contributed by atoms with Crippen molar-refractivity contribution in [3.8, 4) is 16.8 Å². The number of aliphatic hydroxyl groups is 1. The number of nitrogens with one attached hydrogen (secondary N) is 1. The third-order valence-corrected chi connectivity index (χ3v) is 10.9. The lowest BCUT2D eigenvalue weighted by Gasteiger charge is -2.36. The van der Waals surface area contributed by atoms with Crippen LogP contribution in [-0.2, 0) is 32.6 Å². The number of hydrogen-bond donors (Lipinski definition) is 2. The van der Waals surface area contributed by atoms with Crippen LogP contribution in [0.25, 0.3) is 16.8 Å². The molecular weight excluding hydrogens is 671 g/mol. The van der Waals surface area contributed by atoms with Crippen LogP contribution in [0.2, 0.25) is 0 Å². The lowest BCUT2D eigenvalue weighted by molar-refractivity contribution is -0.245. The van der Waals surface area contributed by atoms with Gasteiger partial charge in [0.05, 0.1) is 29.4 Å². The summed E-state index contributed by atoms with van der Waals surface area (Å²) in [6.45, 7) is 0.128. The maximum absolute atomic E-state index is 12.8. The molecule has 0 unspecified atom stereocenters. The van der Waals surface area contributed by atoms with Gasteiger partial charge in [0.1, 0.15) is 0 Å². The largest absolute Gasteiger partial charge is 0.392 e. The Kier molecular flexibility index (Phi) is 10.5. The third kappa shape index (κ3) is 8.02. The molecule has 3 atom stereocenters. The van der Waals surface area contributed by atoms with Gasteiger partial charge in [-0.3, -0.25) is 0 Å². The molecule has 0 bridgehead atoms. The van der Waals surface area contributed by atoms with Crippen LogP contribution >= 0.6 is 11.8 Å². The summed E-state index contributed by atoms with van der Waals surface area (Å²) in [5, 5.41) is 22.6. The normalized spacial score (nSPS) is 17.8. The van der Waals surface area contributed by atoms with E-state index in [1.54, 1.807) is 35.0 Å². The molecule has 7 rings (SSSR count). The highest BCUT2D eigenvalue weighted by molar-refractivity contribution is 7.99. The van der Waals surface area contributed by atoms with Gasteiger partial charge in [0.15, 0.2) is 6.29 Å². The van der Waals surface area contributed by atoms with Crippen molar-refractivity contribution >= 4 is 21.8 Å². The fraction of sp³-hybridized carbons (Fsp3) is 0.184. The van der Waals surface area contributed by atoms with E-state index in [1.165, 1.54) is 11.8 Å². The van der Waals surface area contributed by atoms with E-state index in [2.05, 4.69) is 26.3 Å². The Morgan fingerprint density at radius 2 is 1.50 bits per heavy atom. The first-order chi connectivity index (χ1) is 24.4. The molecule has 1 aromatic heterocycles. The van der Waals surface area contributed by atoms with E-state index in [0.29, 0.717) is 17.3 Å². The summed E-state index contributed by atoms with van der Waals surface area (Å²) < 4.78 is 43.2. The minimum Gasteiger partial charge on any atom is -0.392 e. The van der Waals surface area contributed by atoms with Crippen LogP contribution in [0.15, 0.2) is 144 Å². The highest BCUT2D eigenvalue weighted by Gasteiger charge is 2.33. The van der Waals surface area contributed by atoms with Gasteiger partial charge in [-0.15, -0.1) is 5.10 Å². The van der Waals surface area contributed by atoms with Crippen LogP contribution in [0, 0.1) is 0 Å².